The Hall–Kier alpha value is -2.50. The number of hydrogen-bond acceptors (Lipinski definition) is 8. The molecule has 0 aliphatic heterocycles. The number of ether oxygens (including phenoxy) is 1. The van der Waals surface area contributed by atoms with Gasteiger partial charge < -0.3 is 9.15 Å². The van der Waals surface area contributed by atoms with Crippen LogP contribution < -0.4 is 0 Å². The number of rotatable bonds is 10. The molecule has 0 saturated carbocycles. The summed E-state index contributed by atoms with van der Waals surface area (Å²) in [5.41, 5.74) is -0.596. The minimum Gasteiger partial charge on any atom is -0.464 e. The van der Waals surface area contributed by atoms with E-state index in [2.05, 4.69) is 9.72 Å². The van der Waals surface area contributed by atoms with Crippen molar-refractivity contribution in [2.75, 3.05) is 13.7 Å². The fourth-order valence-electron chi connectivity index (χ4n) is 2.50. The molecule has 0 N–H and O–H groups in total. The van der Waals surface area contributed by atoms with Gasteiger partial charge in [-0.05, 0) is 18.6 Å². The number of carbonyl (C=O) groups is 1. The fraction of sp³-hybridized carbons (Fsp3) is 0.412. The minimum absolute atomic E-state index is 0.00561. The molecular formula is C17H20ClN3O7S. The molecule has 0 saturated heterocycles. The number of halogens is 1. The number of sulfonamides is 1. The van der Waals surface area contributed by atoms with Crippen LogP contribution in [0.25, 0.3) is 0 Å². The summed E-state index contributed by atoms with van der Waals surface area (Å²) >= 11 is 5.78. The Kier molecular flexibility index (Phi) is 7.71. The van der Waals surface area contributed by atoms with Gasteiger partial charge in [-0.3, -0.25) is 10.1 Å². The lowest BCUT2D eigenvalue weighted by molar-refractivity contribution is -0.384. The molecule has 158 valence electrons. The highest BCUT2D eigenvalue weighted by molar-refractivity contribution is 7.89. The number of nitro benzene ring substituents is 1. The van der Waals surface area contributed by atoms with Crippen LogP contribution in [-0.4, -0.2) is 42.3 Å². The topological polar surface area (TPSA) is 133 Å². The van der Waals surface area contributed by atoms with Gasteiger partial charge in [0.05, 0.1) is 23.5 Å². The van der Waals surface area contributed by atoms with Crippen molar-refractivity contribution in [3.63, 3.8) is 0 Å². The zero-order valence-electron chi connectivity index (χ0n) is 15.8. The van der Waals surface area contributed by atoms with Crippen molar-refractivity contribution < 1.29 is 27.3 Å². The van der Waals surface area contributed by atoms with Crippen molar-refractivity contribution in [2.45, 2.75) is 37.6 Å². The molecule has 29 heavy (non-hydrogen) atoms. The van der Waals surface area contributed by atoms with Crippen molar-refractivity contribution in [1.82, 2.24) is 9.29 Å². The van der Waals surface area contributed by atoms with Gasteiger partial charge in [-0.2, -0.15) is 4.31 Å². The van der Waals surface area contributed by atoms with E-state index in [1.807, 2.05) is 6.92 Å². The Balaban J connectivity index is 2.37. The van der Waals surface area contributed by atoms with Crippen LogP contribution in [0.1, 0.15) is 42.6 Å². The number of methoxy groups -OCH3 is 1. The van der Waals surface area contributed by atoms with Gasteiger partial charge in [0.15, 0.2) is 5.69 Å². The lowest BCUT2D eigenvalue weighted by Crippen LogP contribution is -2.32. The predicted molar refractivity (Wildman–Crippen MR) is 103 cm³/mol. The van der Waals surface area contributed by atoms with Gasteiger partial charge in [0.25, 0.3) is 5.69 Å². The Morgan fingerprint density at radius 2 is 2.10 bits per heavy atom. The Morgan fingerprint density at radius 1 is 1.38 bits per heavy atom. The van der Waals surface area contributed by atoms with E-state index in [-0.39, 0.29) is 34.6 Å². The molecule has 2 aromatic rings. The number of nitrogens with zero attached hydrogens (tertiary/aromatic N) is 3. The molecule has 1 heterocycles. The van der Waals surface area contributed by atoms with Crippen LogP contribution in [0, 0.1) is 10.1 Å². The molecule has 0 bridgehead atoms. The monoisotopic (exact) mass is 445 g/mol. The minimum atomic E-state index is -4.11. The summed E-state index contributed by atoms with van der Waals surface area (Å²) in [6.45, 7) is 1.86. The maximum atomic E-state index is 13.1. The van der Waals surface area contributed by atoms with Gasteiger partial charge in [0.2, 0.25) is 15.9 Å². The maximum absolute atomic E-state index is 13.1. The van der Waals surface area contributed by atoms with Crippen molar-refractivity contribution in [1.29, 1.82) is 0 Å². The summed E-state index contributed by atoms with van der Waals surface area (Å²) in [6.07, 6.45) is 3.29. The summed E-state index contributed by atoms with van der Waals surface area (Å²) in [7, 11) is -2.93. The molecule has 1 aromatic carbocycles. The molecule has 0 fully saturated rings. The quantitative estimate of drug-likeness (QED) is 0.235. The first-order chi connectivity index (χ1) is 13.7. The van der Waals surface area contributed by atoms with Crippen LogP contribution in [-0.2, 0) is 21.3 Å². The van der Waals surface area contributed by atoms with E-state index >= 15 is 0 Å². The van der Waals surface area contributed by atoms with Crippen LogP contribution in [0.5, 0.6) is 0 Å². The summed E-state index contributed by atoms with van der Waals surface area (Å²) in [6, 6.07) is 3.28. The third-order valence-corrected chi connectivity index (χ3v) is 6.18. The van der Waals surface area contributed by atoms with Crippen molar-refractivity contribution in [2.24, 2.45) is 0 Å². The first kappa shape index (κ1) is 22.8. The number of unbranched alkanes of at least 4 members (excludes halogenated alkanes) is 2. The van der Waals surface area contributed by atoms with Crippen LogP contribution >= 0.6 is 11.6 Å². The molecule has 0 aliphatic rings. The molecular weight excluding hydrogens is 426 g/mol. The second-order valence-corrected chi connectivity index (χ2v) is 8.38. The second kappa shape index (κ2) is 9.81. The predicted octanol–water partition coefficient (Wildman–Crippen LogP) is 3.40. The van der Waals surface area contributed by atoms with E-state index in [1.165, 1.54) is 13.2 Å². The number of esters is 1. The lowest BCUT2D eigenvalue weighted by Gasteiger charge is -2.20. The van der Waals surface area contributed by atoms with E-state index in [4.69, 9.17) is 16.0 Å². The van der Waals surface area contributed by atoms with Gasteiger partial charge in [0.1, 0.15) is 11.3 Å². The van der Waals surface area contributed by atoms with E-state index in [1.54, 1.807) is 0 Å². The lowest BCUT2D eigenvalue weighted by atomic mass is 10.2. The Morgan fingerprint density at radius 3 is 2.72 bits per heavy atom. The normalized spacial score (nSPS) is 11.6. The maximum Gasteiger partial charge on any atom is 0.360 e. The highest BCUT2D eigenvalue weighted by atomic mass is 35.5. The average molecular weight is 446 g/mol. The SMILES string of the molecule is CCCCCN(Cc1nc(C(=O)OC)co1)S(=O)(=O)c1ccc(Cl)c([N+](=O)[O-])c1. The Bertz CT molecular complexity index is 991. The molecule has 0 spiro atoms. The van der Waals surface area contributed by atoms with Gasteiger partial charge in [0, 0.05) is 12.6 Å². The van der Waals surface area contributed by atoms with E-state index < -0.39 is 26.6 Å². The number of hydrogen-bond donors (Lipinski definition) is 0. The molecule has 0 aliphatic carbocycles. The van der Waals surface area contributed by atoms with Crippen LogP contribution in [0.2, 0.25) is 5.02 Å². The van der Waals surface area contributed by atoms with Gasteiger partial charge in [-0.15, -0.1) is 0 Å². The third kappa shape index (κ3) is 5.52. The number of aromatic nitrogens is 1. The highest BCUT2D eigenvalue weighted by Crippen LogP contribution is 2.29. The standard InChI is InChI=1S/C17H20ClN3O7S/c1-3-4-5-8-20(10-16-19-14(11-28-16)17(22)27-2)29(25,26)12-6-7-13(18)15(9-12)21(23)24/h6-7,9,11H,3-5,8,10H2,1-2H3. The number of benzene rings is 1. The summed E-state index contributed by atoms with van der Waals surface area (Å²) in [5, 5.41) is 10.9. The van der Waals surface area contributed by atoms with Crippen LogP contribution in [0.15, 0.2) is 33.8 Å². The second-order valence-electron chi connectivity index (χ2n) is 6.03. The average Bonchev–Trinajstić information content (AvgIpc) is 3.15. The molecule has 0 atom stereocenters. The van der Waals surface area contributed by atoms with Crippen LogP contribution in [0.3, 0.4) is 0 Å². The summed E-state index contributed by atoms with van der Waals surface area (Å²) in [5.74, 6) is -0.720. The molecule has 12 heteroatoms. The Labute approximate surface area is 172 Å². The van der Waals surface area contributed by atoms with Crippen molar-refractivity contribution in [3.8, 4) is 0 Å². The first-order valence-electron chi connectivity index (χ1n) is 8.67. The molecule has 2 rings (SSSR count). The first-order valence-corrected chi connectivity index (χ1v) is 10.5. The third-order valence-electron chi connectivity index (χ3n) is 4.02. The van der Waals surface area contributed by atoms with Crippen molar-refractivity contribution >= 4 is 33.3 Å². The van der Waals surface area contributed by atoms with Crippen LogP contribution in [0.4, 0.5) is 5.69 Å². The number of carbonyl (C=O) groups excluding carboxylic acids is 1. The van der Waals surface area contributed by atoms with E-state index in [0.29, 0.717) is 6.42 Å². The molecule has 0 amide bonds. The zero-order valence-corrected chi connectivity index (χ0v) is 17.4. The fourth-order valence-corrected chi connectivity index (χ4v) is 4.13. The van der Waals surface area contributed by atoms with Gasteiger partial charge in [-0.1, -0.05) is 31.4 Å². The highest BCUT2D eigenvalue weighted by Gasteiger charge is 2.29. The molecule has 0 radical (unpaired) electrons. The zero-order chi connectivity index (χ0) is 21.6. The van der Waals surface area contributed by atoms with E-state index in [9.17, 15) is 23.3 Å². The molecule has 10 nitrogen and oxygen atoms in total. The molecule has 1 aromatic heterocycles. The smallest absolute Gasteiger partial charge is 0.360 e. The number of nitro groups is 1. The number of oxazole rings is 1. The summed E-state index contributed by atoms with van der Waals surface area (Å²) in [4.78, 5) is 25.5. The van der Waals surface area contributed by atoms with Gasteiger partial charge in [-0.25, -0.2) is 18.2 Å². The molecule has 0 unspecified atom stereocenters. The van der Waals surface area contributed by atoms with Gasteiger partial charge >= 0.3 is 5.97 Å². The largest absolute Gasteiger partial charge is 0.464 e. The van der Waals surface area contributed by atoms with E-state index in [0.717, 1.165) is 35.5 Å². The summed E-state index contributed by atoms with van der Waals surface area (Å²) < 4.78 is 37.1. The van der Waals surface area contributed by atoms with Crippen molar-refractivity contribution in [3.05, 3.63) is 51.2 Å².